The number of rotatable bonds is 5. The van der Waals surface area contributed by atoms with E-state index in [-0.39, 0.29) is 17.5 Å². The standard InChI is InChI=1S/C16H28N2O2/c1-4-11(9-10-5-6-10)17-15(19)18-13-12-7-8-20-14(12)16(13,2)3/h10-14H,4-9H2,1-3H3,(H2,17,18,19). The number of carbonyl (C=O) groups is 1. The Kier molecular flexibility index (Phi) is 3.69. The van der Waals surface area contributed by atoms with Gasteiger partial charge in [0.2, 0.25) is 0 Å². The maximum absolute atomic E-state index is 12.2. The SMILES string of the molecule is CCC(CC1CC1)NC(=O)NC1C2CCOC2C1(C)C. The molecule has 2 amide bonds. The summed E-state index contributed by atoms with van der Waals surface area (Å²) in [7, 11) is 0. The average Bonchev–Trinajstić information content (AvgIpc) is 3.10. The highest BCUT2D eigenvalue weighted by Crippen LogP contribution is 2.52. The van der Waals surface area contributed by atoms with Crippen LogP contribution in [0.25, 0.3) is 0 Å². The normalized spacial score (nSPS) is 35.9. The fourth-order valence-corrected chi connectivity index (χ4v) is 4.07. The quantitative estimate of drug-likeness (QED) is 0.813. The topological polar surface area (TPSA) is 50.4 Å². The third-order valence-corrected chi connectivity index (χ3v) is 5.53. The number of fused-ring (bicyclic) bond motifs is 1. The monoisotopic (exact) mass is 280 g/mol. The zero-order valence-corrected chi connectivity index (χ0v) is 12.9. The molecule has 4 heteroatoms. The van der Waals surface area contributed by atoms with Gasteiger partial charge < -0.3 is 15.4 Å². The highest BCUT2D eigenvalue weighted by Gasteiger charge is 2.59. The predicted octanol–water partition coefficient (Wildman–Crippen LogP) is 2.68. The van der Waals surface area contributed by atoms with Crippen molar-refractivity contribution in [2.45, 2.75) is 71.1 Å². The van der Waals surface area contributed by atoms with Gasteiger partial charge in [-0.15, -0.1) is 0 Å². The number of nitrogens with one attached hydrogen (secondary N) is 2. The molecule has 3 rings (SSSR count). The van der Waals surface area contributed by atoms with E-state index in [1.54, 1.807) is 0 Å². The van der Waals surface area contributed by atoms with Crippen LogP contribution in [0.4, 0.5) is 4.79 Å². The van der Waals surface area contributed by atoms with E-state index in [4.69, 9.17) is 4.74 Å². The number of hydrogen-bond donors (Lipinski definition) is 2. The minimum atomic E-state index is 0.0147. The summed E-state index contributed by atoms with van der Waals surface area (Å²) in [4.78, 5) is 12.2. The Morgan fingerprint density at radius 2 is 2.10 bits per heavy atom. The lowest BCUT2D eigenvalue weighted by Gasteiger charge is -2.54. The minimum Gasteiger partial charge on any atom is -0.377 e. The molecule has 2 saturated carbocycles. The lowest BCUT2D eigenvalue weighted by molar-refractivity contribution is -0.108. The molecule has 1 aliphatic heterocycles. The van der Waals surface area contributed by atoms with Crippen molar-refractivity contribution in [3.05, 3.63) is 0 Å². The molecule has 1 saturated heterocycles. The fourth-order valence-electron chi connectivity index (χ4n) is 4.07. The molecule has 0 spiro atoms. The van der Waals surface area contributed by atoms with Crippen LogP contribution >= 0.6 is 0 Å². The van der Waals surface area contributed by atoms with Gasteiger partial charge in [-0.25, -0.2) is 4.79 Å². The van der Waals surface area contributed by atoms with Crippen LogP contribution in [-0.2, 0) is 4.74 Å². The van der Waals surface area contributed by atoms with Crippen LogP contribution in [0.5, 0.6) is 0 Å². The largest absolute Gasteiger partial charge is 0.377 e. The molecule has 4 unspecified atom stereocenters. The van der Waals surface area contributed by atoms with Crippen molar-refractivity contribution in [1.29, 1.82) is 0 Å². The summed E-state index contributed by atoms with van der Waals surface area (Å²) in [6, 6.07) is 0.607. The number of ether oxygens (including phenoxy) is 1. The number of urea groups is 1. The molecular formula is C16H28N2O2. The van der Waals surface area contributed by atoms with Gasteiger partial charge in [0.25, 0.3) is 0 Å². The number of amides is 2. The van der Waals surface area contributed by atoms with Gasteiger partial charge in [-0.3, -0.25) is 0 Å². The van der Waals surface area contributed by atoms with Gasteiger partial charge in [0, 0.05) is 30.0 Å². The van der Waals surface area contributed by atoms with E-state index < -0.39 is 0 Å². The highest BCUT2D eigenvalue weighted by atomic mass is 16.5. The van der Waals surface area contributed by atoms with E-state index in [1.165, 1.54) is 12.8 Å². The Balaban J connectivity index is 1.50. The second kappa shape index (κ2) is 5.21. The van der Waals surface area contributed by atoms with Crippen molar-refractivity contribution in [3.8, 4) is 0 Å². The molecular weight excluding hydrogens is 252 g/mol. The zero-order valence-electron chi connectivity index (χ0n) is 12.9. The Morgan fingerprint density at radius 1 is 1.35 bits per heavy atom. The maximum atomic E-state index is 12.2. The molecule has 2 aliphatic carbocycles. The van der Waals surface area contributed by atoms with Crippen molar-refractivity contribution < 1.29 is 9.53 Å². The molecule has 1 heterocycles. The molecule has 3 fully saturated rings. The lowest BCUT2D eigenvalue weighted by Crippen LogP contribution is -2.68. The molecule has 2 N–H and O–H groups in total. The predicted molar refractivity (Wildman–Crippen MR) is 78.5 cm³/mol. The molecule has 20 heavy (non-hydrogen) atoms. The third-order valence-electron chi connectivity index (χ3n) is 5.53. The van der Waals surface area contributed by atoms with E-state index in [0.717, 1.165) is 31.8 Å². The molecule has 3 aliphatic rings. The summed E-state index contributed by atoms with van der Waals surface area (Å²) in [5.41, 5.74) is 0.0662. The van der Waals surface area contributed by atoms with Gasteiger partial charge in [0.15, 0.2) is 0 Å². The summed E-state index contributed by atoms with van der Waals surface area (Å²) in [5, 5.41) is 6.37. The maximum Gasteiger partial charge on any atom is 0.315 e. The van der Waals surface area contributed by atoms with Crippen molar-refractivity contribution >= 4 is 6.03 Å². The van der Waals surface area contributed by atoms with E-state index in [2.05, 4.69) is 31.4 Å². The van der Waals surface area contributed by atoms with Gasteiger partial charge in [-0.2, -0.15) is 0 Å². The summed E-state index contributed by atoms with van der Waals surface area (Å²) >= 11 is 0. The summed E-state index contributed by atoms with van der Waals surface area (Å²) in [6.45, 7) is 7.40. The second-order valence-corrected chi connectivity index (χ2v) is 7.45. The first-order valence-electron chi connectivity index (χ1n) is 8.21. The number of carbonyl (C=O) groups excluding carboxylic acids is 1. The third kappa shape index (κ3) is 2.54. The van der Waals surface area contributed by atoms with Crippen LogP contribution < -0.4 is 10.6 Å². The Labute approximate surface area is 122 Å². The van der Waals surface area contributed by atoms with Crippen LogP contribution in [0.15, 0.2) is 0 Å². The Morgan fingerprint density at radius 3 is 2.75 bits per heavy atom. The van der Waals surface area contributed by atoms with E-state index in [9.17, 15) is 4.79 Å². The van der Waals surface area contributed by atoms with Gasteiger partial charge in [-0.05, 0) is 25.2 Å². The van der Waals surface area contributed by atoms with Crippen LogP contribution in [0.1, 0.15) is 52.9 Å². The first kappa shape index (κ1) is 14.2. The molecule has 4 nitrogen and oxygen atoms in total. The average molecular weight is 280 g/mol. The summed E-state index contributed by atoms with van der Waals surface area (Å²) in [5.74, 6) is 1.37. The Hall–Kier alpha value is -0.770. The van der Waals surface area contributed by atoms with Gasteiger partial charge in [-0.1, -0.05) is 33.6 Å². The fraction of sp³-hybridized carbons (Fsp3) is 0.938. The van der Waals surface area contributed by atoms with Gasteiger partial charge >= 0.3 is 6.03 Å². The van der Waals surface area contributed by atoms with E-state index in [1.807, 2.05) is 0 Å². The van der Waals surface area contributed by atoms with Gasteiger partial charge in [0.1, 0.15) is 0 Å². The molecule has 114 valence electrons. The second-order valence-electron chi connectivity index (χ2n) is 7.45. The molecule has 0 bridgehead atoms. The molecule has 0 aromatic rings. The molecule has 4 atom stereocenters. The molecule has 0 radical (unpaired) electrons. The summed E-state index contributed by atoms with van der Waals surface area (Å²) in [6.07, 6.45) is 6.27. The zero-order chi connectivity index (χ0) is 14.3. The van der Waals surface area contributed by atoms with Crippen LogP contribution in [0.2, 0.25) is 0 Å². The first-order valence-corrected chi connectivity index (χ1v) is 8.21. The lowest BCUT2D eigenvalue weighted by atomic mass is 9.57. The smallest absolute Gasteiger partial charge is 0.315 e. The Bertz CT molecular complexity index is 379. The number of hydrogen-bond acceptors (Lipinski definition) is 2. The van der Waals surface area contributed by atoms with Crippen molar-refractivity contribution in [1.82, 2.24) is 10.6 Å². The van der Waals surface area contributed by atoms with E-state index >= 15 is 0 Å². The van der Waals surface area contributed by atoms with Crippen molar-refractivity contribution in [2.75, 3.05) is 6.61 Å². The van der Waals surface area contributed by atoms with Crippen LogP contribution in [0, 0.1) is 17.3 Å². The van der Waals surface area contributed by atoms with Gasteiger partial charge in [0.05, 0.1) is 6.10 Å². The highest BCUT2D eigenvalue weighted by molar-refractivity contribution is 5.75. The summed E-state index contributed by atoms with van der Waals surface area (Å²) < 4.78 is 5.77. The van der Waals surface area contributed by atoms with Crippen LogP contribution in [-0.4, -0.2) is 30.8 Å². The minimum absolute atomic E-state index is 0.0147. The van der Waals surface area contributed by atoms with E-state index in [0.29, 0.717) is 18.1 Å². The van der Waals surface area contributed by atoms with Crippen molar-refractivity contribution in [2.24, 2.45) is 17.3 Å². The van der Waals surface area contributed by atoms with Crippen molar-refractivity contribution in [3.63, 3.8) is 0 Å². The molecule has 0 aromatic heterocycles. The molecule has 0 aromatic carbocycles. The first-order chi connectivity index (χ1) is 9.52. The van der Waals surface area contributed by atoms with Crippen LogP contribution in [0.3, 0.4) is 0 Å².